The standard InChI is InChI=1S/C74H145NO5/c1-3-5-7-9-11-13-15-17-19-21-23-24-25-28-31-34-38-42-46-50-54-58-62-66-72(77)71(70-76)75-73(78)67-63-59-55-51-47-43-39-35-32-29-26-27-30-33-37-41-45-49-53-57-61-65-69-80-74(79)68-64-60-56-52-48-44-40-36-22-20-18-16-14-12-10-8-6-4-2/h29,32,71-72,76-77H,3-28,30-31,33-70H2,1-2H3,(H,75,78)/b32-29-. The zero-order valence-corrected chi connectivity index (χ0v) is 54.6. The van der Waals surface area contributed by atoms with Gasteiger partial charge in [0.25, 0.3) is 0 Å². The molecule has 0 rings (SSSR count). The van der Waals surface area contributed by atoms with Crippen molar-refractivity contribution >= 4 is 11.9 Å². The summed E-state index contributed by atoms with van der Waals surface area (Å²) in [6, 6.07) is -0.547. The van der Waals surface area contributed by atoms with Crippen molar-refractivity contribution < 1.29 is 24.5 Å². The highest BCUT2D eigenvalue weighted by atomic mass is 16.5. The summed E-state index contributed by atoms with van der Waals surface area (Å²) in [5.41, 5.74) is 0. The van der Waals surface area contributed by atoms with Crippen molar-refractivity contribution in [2.45, 2.75) is 437 Å². The van der Waals surface area contributed by atoms with Gasteiger partial charge in [0.2, 0.25) is 5.91 Å². The van der Waals surface area contributed by atoms with Crippen LogP contribution < -0.4 is 5.32 Å². The summed E-state index contributed by atoms with van der Waals surface area (Å²) < 4.78 is 5.51. The molecule has 0 bridgehead atoms. The molecule has 2 unspecified atom stereocenters. The second kappa shape index (κ2) is 70.1. The van der Waals surface area contributed by atoms with Crippen molar-refractivity contribution in [1.82, 2.24) is 5.32 Å². The normalized spacial score (nSPS) is 12.5. The van der Waals surface area contributed by atoms with Crippen LogP contribution in [-0.2, 0) is 14.3 Å². The Hall–Kier alpha value is -1.40. The number of nitrogens with one attached hydrogen (secondary N) is 1. The van der Waals surface area contributed by atoms with E-state index >= 15 is 0 Å². The lowest BCUT2D eigenvalue weighted by Gasteiger charge is -2.22. The number of esters is 1. The van der Waals surface area contributed by atoms with Gasteiger partial charge in [-0.15, -0.1) is 0 Å². The zero-order chi connectivity index (χ0) is 57.8. The Morgan fingerprint density at radius 2 is 0.588 bits per heavy atom. The van der Waals surface area contributed by atoms with E-state index in [0.717, 1.165) is 38.5 Å². The molecule has 1 amide bonds. The molecule has 0 aliphatic rings. The van der Waals surface area contributed by atoms with Crippen LogP contribution in [0.25, 0.3) is 0 Å². The first-order valence-corrected chi connectivity index (χ1v) is 36.9. The molecule has 0 fully saturated rings. The van der Waals surface area contributed by atoms with Crippen LogP contribution in [0.15, 0.2) is 12.2 Å². The van der Waals surface area contributed by atoms with E-state index in [0.29, 0.717) is 25.9 Å². The maximum Gasteiger partial charge on any atom is 0.305 e. The fourth-order valence-corrected chi connectivity index (χ4v) is 11.9. The lowest BCUT2D eigenvalue weighted by Crippen LogP contribution is -2.45. The monoisotopic (exact) mass is 1130 g/mol. The van der Waals surface area contributed by atoms with E-state index in [1.165, 1.54) is 353 Å². The van der Waals surface area contributed by atoms with Crippen LogP contribution in [0.1, 0.15) is 425 Å². The summed E-state index contributed by atoms with van der Waals surface area (Å²) >= 11 is 0. The van der Waals surface area contributed by atoms with Crippen molar-refractivity contribution in [3.63, 3.8) is 0 Å². The van der Waals surface area contributed by atoms with Gasteiger partial charge in [-0.2, -0.15) is 0 Å². The van der Waals surface area contributed by atoms with E-state index in [2.05, 4.69) is 31.3 Å². The molecule has 0 aromatic heterocycles. The first-order chi connectivity index (χ1) is 39.5. The Bertz CT molecular complexity index is 1210. The van der Waals surface area contributed by atoms with Crippen LogP contribution >= 0.6 is 0 Å². The Labute approximate surface area is 501 Å². The van der Waals surface area contributed by atoms with E-state index in [4.69, 9.17) is 4.74 Å². The molecule has 0 aromatic carbocycles. The highest BCUT2D eigenvalue weighted by Gasteiger charge is 2.20. The number of hydrogen-bond acceptors (Lipinski definition) is 5. The number of amides is 1. The van der Waals surface area contributed by atoms with E-state index < -0.39 is 12.1 Å². The van der Waals surface area contributed by atoms with Gasteiger partial charge in [-0.25, -0.2) is 0 Å². The van der Waals surface area contributed by atoms with Crippen LogP contribution in [0.3, 0.4) is 0 Å². The van der Waals surface area contributed by atoms with Gasteiger partial charge in [0.05, 0.1) is 25.4 Å². The van der Waals surface area contributed by atoms with Crippen LogP contribution in [0.4, 0.5) is 0 Å². The molecule has 0 radical (unpaired) electrons. The van der Waals surface area contributed by atoms with Gasteiger partial charge in [0.1, 0.15) is 0 Å². The number of rotatable bonds is 70. The van der Waals surface area contributed by atoms with Crippen molar-refractivity contribution in [3.05, 3.63) is 12.2 Å². The highest BCUT2D eigenvalue weighted by molar-refractivity contribution is 5.76. The Morgan fingerprint density at radius 1 is 0.338 bits per heavy atom. The summed E-state index contributed by atoms with van der Waals surface area (Å²) in [7, 11) is 0. The van der Waals surface area contributed by atoms with Crippen molar-refractivity contribution in [2.75, 3.05) is 13.2 Å². The summed E-state index contributed by atoms with van der Waals surface area (Å²) in [4.78, 5) is 24.7. The van der Waals surface area contributed by atoms with Gasteiger partial charge in [-0.3, -0.25) is 9.59 Å². The number of allylic oxidation sites excluding steroid dienone is 2. The van der Waals surface area contributed by atoms with E-state index in [-0.39, 0.29) is 18.5 Å². The number of unbranched alkanes of at least 4 members (excludes halogenated alkanes) is 57. The predicted octanol–water partition coefficient (Wildman–Crippen LogP) is 23.9. The molecule has 0 spiro atoms. The summed E-state index contributed by atoms with van der Waals surface area (Å²) in [6.07, 6.45) is 86.9. The maximum atomic E-state index is 12.6. The van der Waals surface area contributed by atoms with Gasteiger partial charge in [0.15, 0.2) is 0 Å². The fourth-order valence-electron chi connectivity index (χ4n) is 11.9. The summed E-state index contributed by atoms with van der Waals surface area (Å²) in [6.45, 7) is 5.00. The molecule has 3 N–H and O–H groups in total. The molecule has 80 heavy (non-hydrogen) atoms. The number of aliphatic hydroxyl groups excluding tert-OH is 2. The summed E-state index contributed by atoms with van der Waals surface area (Å²) in [5, 5.41) is 23.4. The SMILES string of the molecule is CCCCCCCCCCCCCCCCCCCCCCCCCC(O)C(CO)NC(=O)CCCCCCCCC/C=C\CCCCCCCCCCCCCOC(=O)CCCCCCCCCCCCCCCCCCCC. The molecule has 0 saturated heterocycles. The third-order valence-electron chi connectivity index (χ3n) is 17.6. The van der Waals surface area contributed by atoms with Gasteiger partial charge >= 0.3 is 5.97 Å². The second-order valence-corrected chi connectivity index (χ2v) is 25.6. The first-order valence-electron chi connectivity index (χ1n) is 36.9. The Kier molecular flexibility index (Phi) is 68.9. The minimum absolute atomic E-state index is 0.0158. The third kappa shape index (κ3) is 65.7. The van der Waals surface area contributed by atoms with Crippen molar-refractivity contribution in [2.24, 2.45) is 0 Å². The van der Waals surface area contributed by atoms with Crippen LogP contribution in [0, 0.1) is 0 Å². The molecule has 6 heteroatoms. The molecular formula is C74H145NO5. The molecule has 476 valence electrons. The fraction of sp³-hybridized carbons (Fsp3) is 0.946. The van der Waals surface area contributed by atoms with E-state index in [1.807, 2.05) is 0 Å². The van der Waals surface area contributed by atoms with Crippen LogP contribution in [0.5, 0.6) is 0 Å². The van der Waals surface area contributed by atoms with E-state index in [9.17, 15) is 19.8 Å². The lowest BCUT2D eigenvalue weighted by atomic mass is 10.0. The zero-order valence-electron chi connectivity index (χ0n) is 54.6. The molecule has 0 aromatic rings. The average molecular weight is 1130 g/mol. The largest absolute Gasteiger partial charge is 0.466 e. The average Bonchev–Trinajstić information content (AvgIpc) is 3.46. The molecule has 2 atom stereocenters. The minimum Gasteiger partial charge on any atom is -0.466 e. The number of carbonyl (C=O) groups is 2. The predicted molar refractivity (Wildman–Crippen MR) is 352 cm³/mol. The number of hydrogen-bond donors (Lipinski definition) is 3. The van der Waals surface area contributed by atoms with Gasteiger partial charge in [-0.1, -0.05) is 373 Å². The second-order valence-electron chi connectivity index (χ2n) is 25.6. The van der Waals surface area contributed by atoms with Gasteiger partial charge in [0, 0.05) is 12.8 Å². The topological polar surface area (TPSA) is 95.9 Å². The molecule has 0 heterocycles. The molecule has 0 aliphatic heterocycles. The van der Waals surface area contributed by atoms with E-state index in [1.54, 1.807) is 0 Å². The van der Waals surface area contributed by atoms with Crippen molar-refractivity contribution in [1.29, 1.82) is 0 Å². The molecule has 0 aliphatic carbocycles. The minimum atomic E-state index is -0.670. The number of ether oxygens (including phenoxy) is 1. The number of carbonyl (C=O) groups excluding carboxylic acids is 2. The number of aliphatic hydroxyl groups is 2. The Balaban J connectivity index is 3.39. The first kappa shape index (κ1) is 78.6. The highest BCUT2D eigenvalue weighted by Crippen LogP contribution is 2.20. The molecule has 0 saturated carbocycles. The van der Waals surface area contributed by atoms with Crippen LogP contribution in [0.2, 0.25) is 0 Å². The third-order valence-corrected chi connectivity index (χ3v) is 17.6. The maximum absolute atomic E-state index is 12.6. The molecular weight excluding hydrogens is 983 g/mol. The molecule has 6 nitrogen and oxygen atoms in total. The van der Waals surface area contributed by atoms with Gasteiger partial charge in [-0.05, 0) is 51.4 Å². The quantitative estimate of drug-likeness (QED) is 0.0320. The lowest BCUT2D eigenvalue weighted by molar-refractivity contribution is -0.143. The van der Waals surface area contributed by atoms with Gasteiger partial charge < -0.3 is 20.3 Å². The van der Waals surface area contributed by atoms with Crippen molar-refractivity contribution in [3.8, 4) is 0 Å². The smallest absolute Gasteiger partial charge is 0.305 e. The van der Waals surface area contributed by atoms with Crippen LogP contribution in [-0.4, -0.2) is 47.4 Å². The summed E-state index contributed by atoms with van der Waals surface area (Å²) in [5.74, 6) is -0.0208. The Morgan fingerprint density at radius 3 is 0.887 bits per heavy atom.